The number of amides is 1. The Morgan fingerprint density at radius 3 is 2.68 bits per heavy atom. The first-order chi connectivity index (χ1) is 13.4. The van der Waals surface area contributed by atoms with Gasteiger partial charge in [-0.15, -0.1) is 0 Å². The van der Waals surface area contributed by atoms with Gasteiger partial charge < -0.3 is 19.2 Å². The van der Waals surface area contributed by atoms with Crippen LogP contribution in [0.15, 0.2) is 52.9 Å². The van der Waals surface area contributed by atoms with Crippen LogP contribution in [-0.4, -0.2) is 25.1 Å². The van der Waals surface area contributed by atoms with E-state index < -0.39 is 18.5 Å². The van der Waals surface area contributed by atoms with Gasteiger partial charge in [-0.2, -0.15) is 0 Å². The number of halogens is 1. The molecule has 7 heteroatoms. The molecule has 1 N–H and O–H groups in total. The first-order valence-electron chi connectivity index (χ1n) is 8.75. The Bertz CT molecular complexity index is 964. The molecule has 146 valence electrons. The number of para-hydroxylation sites is 1. The zero-order chi connectivity index (χ0) is 20.1. The molecule has 0 saturated heterocycles. The molecule has 1 amide bonds. The zero-order valence-electron chi connectivity index (χ0n) is 15.5. The van der Waals surface area contributed by atoms with E-state index >= 15 is 0 Å². The Balaban J connectivity index is 1.44. The van der Waals surface area contributed by atoms with Crippen molar-refractivity contribution in [1.29, 1.82) is 0 Å². The minimum atomic E-state index is -0.640. The van der Waals surface area contributed by atoms with Gasteiger partial charge in [0.05, 0.1) is 6.04 Å². The predicted molar refractivity (Wildman–Crippen MR) is 105 cm³/mol. The molecule has 3 aromatic rings. The third-order valence-electron chi connectivity index (χ3n) is 4.10. The van der Waals surface area contributed by atoms with Crippen LogP contribution in [0.2, 0.25) is 5.02 Å². The Morgan fingerprint density at radius 1 is 1.14 bits per heavy atom. The van der Waals surface area contributed by atoms with Gasteiger partial charge in [-0.05, 0) is 49.7 Å². The summed E-state index contributed by atoms with van der Waals surface area (Å²) in [4.78, 5) is 23.8. The first kappa shape index (κ1) is 19.8. The zero-order valence-corrected chi connectivity index (χ0v) is 16.3. The number of hydrogen-bond donors (Lipinski definition) is 1. The third kappa shape index (κ3) is 5.04. The summed E-state index contributed by atoms with van der Waals surface area (Å²) < 4.78 is 16.0. The van der Waals surface area contributed by atoms with Gasteiger partial charge in [-0.1, -0.05) is 29.8 Å². The lowest BCUT2D eigenvalue weighted by Gasteiger charge is -2.12. The first-order valence-corrected chi connectivity index (χ1v) is 9.12. The lowest BCUT2D eigenvalue weighted by Crippen LogP contribution is -2.31. The minimum absolute atomic E-state index is 0.298. The quantitative estimate of drug-likeness (QED) is 0.600. The summed E-state index contributed by atoms with van der Waals surface area (Å²) in [6.45, 7) is 2.93. The largest absolute Gasteiger partial charge is 0.482 e. The number of furan rings is 1. The van der Waals surface area contributed by atoms with E-state index in [1.165, 1.54) is 0 Å². The SMILES string of the molecule is Cc1cc(OCC(=O)OCC(=O)N[C@H](C)c2cc3ccccc3o2)ccc1Cl. The van der Waals surface area contributed by atoms with E-state index in [0.717, 1.165) is 16.5 Å². The van der Waals surface area contributed by atoms with Gasteiger partial charge in [0.15, 0.2) is 13.2 Å². The molecule has 1 heterocycles. The van der Waals surface area contributed by atoms with Crippen molar-refractivity contribution < 1.29 is 23.5 Å². The second kappa shape index (κ2) is 8.80. The number of nitrogens with one attached hydrogen (secondary N) is 1. The van der Waals surface area contributed by atoms with Crippen molar-refractivity contribution in [2.24, 2.45) is 0 Å². The van der Waals surface area contributed by atoms with Crippen LogP contribution in [0.3, 0.4) is 0 Å². The Labute approximate surface area is 167 Å². The second-order valence-electron chi connectivity index (χ2n) is 6.34. The highest BCUT2D eigenvalue weighted by Crippen LogP contribution is 2.23. The number of carbonyl (C=O) groups excluding carboxylic acids is 2. The molecule has 1 atom stereocenters. The third-order valence-corrected chi connectivity index (χ3v) is 4.52. The van der Waals surface area contributed by atoms with E-state index in [0.29, 0.717) is 16.5 Å². The standard InChI is InChI=1S/C21H20ClNO5/c1-13-9-16(7-8-17(13)22)26-12-21(25)27-11-20(24)23-14(2)19-10-15-5-3-4-6-18(15)28-19/h3-10,14H,11-12H2,1-2H3,(H,23,24)/t14-/m1/s1. The minimum Gasteiger partial charge on any atom is -0.482 e. The number of rotatable bonds is 7. The molecule has 0 aliphatic heterocycles. The molecule has 6 nitrogen and oxygen atoms in total. The normalized spacial score (nSPS) is 11.8. The molecule has 0 spiro atoms. The predicted octanol–water partition coefficient (Wildman–Crippen LogP) is 4.19. The Kier molecular flexibility index (Phi) is 6.21. The second-order valence-corrected chi connectivity index (χ2v) is 6.74. The topological polar surface area (TPSA) is 77.8 Å². The maximum absolute atomic E-state index is 12.0. The molecular formula is C21H20ClNO5. The van der Waals surface area contributed by atoms with E-state index in [4.69, 9.17) is 25.5 Å². The summed E-state index contributed by atoms with van der Waals surface area (Å²) in [5.41, 5.74) is 1.59. The van der Waals surface area contributed by atoms with Crippen LogP contribution in [0.25, 0.3) is 11.0 Å². The van der Waals surface area contributed by atoms with Crippen LogP contribution in [0.1, 0.15) is 24.3 Å². The van der Waals surface area contributed by atoms with Crippen molar-refractivity contribution >= 4 is 34.4 Å². The molecular weight excluding hydrogens is 382 g/mol. The number of carbonyl (C=O) groups is 2. The van der Waals surface area contributed by atoms with Crippen molar-refractivity contribution in [1.82, 2.24) is 5.32 Å². The molecule has 3 rings (SSSR count). The highest BCUT2D eigenvalue weighted by Gasteiger charge is 2.15. The fourth-order valence-corrected chi connectivity index (χ4v) is 2.72. The van der Waals surface area contributed by atoms with Crippen LogP contribution in [0.5, 0.6) is 5.75 Å². The van der Waals surface area contributed by atoms with Crippen LogP contribution in [0.4, 0.5) is 0 Å². The van der Waals surface area contributed by atoms with Gasteiger partial charge in [-0.25, -0.2) is 4.79 Å². The van der Waals surface area contributed by atoms with Gasteiger partial charge in [-0.3, -0.25) is 4.79 Å². The molecule has 1 aromatic heterocycles. The Hall–Kier alpha value is -2.99. The van der Waals surface area contributed by atoms with Gasteiger partial charge in [0.1, 0.15) is 17.1 Å². The summed E-state index contributed by atoms with van der Waals surface area (Å²) in [7, 11) is 0. The van der Waals surface area contributed by atoms with Crippen molar-refractivity contribution in [3.63, 3.8) is 0 Å². The lowest BCUT2D eigenvalue weighted by atomic mass is 10.2. The molecule has 0 fully saturated rings. The van der Waals surface area contributed by atoms with Crippen molar-refractivity contribution in [3.05, 3.63) is 64.9 Å². The number of aryl methyl sites for hydroxylation is 1. The average molecular weight is 402 g/mol. The van der Waals surface area contributed by atoms with Crippen LogP contribution >= 0.6 is 11.6 Å². The van der Waals surface area contributed by atoms with Gasteiger partial charge >= 0.3 is 5.97 Å². The molecule has 0 saturated carbocycles. The van der Waals surface area contributed by atoms with Gasteiger partial charge in [0, 0.05) is 10.4 Å². The van der Waals surface area contributed by atoms with E-state index in [-0.39, 0.29) is 12.6 Å². The fraction of sp³-hybridized carbons (Fsp3) is 0.238. The highest BCUT2D eigenvalue weighted by atomic mass is 35.5. The molecule has 2 aromatic carbocycles. The molecule has 0 radical (unpaired) electrons. The van der Waals surface area contributed by atoms with E-state index in [1.54, 1.807) is 25.1 Å². The summed E-state index contributed by atoms with van der Waals surface area (Å²) in [6.07, 6.45) is 0. The number of benzene rings is 2. The molecule has 28 heavy (non-hydrogen) atoms. The van der Waals surface area contributed by atoms with Crippen LogP contribution in [-0.2, 0) is 14.3 Å². The highest BCUT2D eigenvalue weighted by molar-refractivity contribution is 6.31. The molecule has 0 bridgehead atoms. The lowest BCUT2D eigenvalue weighted by molar-refractivity contribution is -0.150. The van der Waals surface area contributed by atoms with Gasteiger partial charge in [0.2, 0.25) is 0 Å². The molecule has 0 aliphatic rings. The fourth-order valence-electron chi connectivity index (χ4n) is 2.61. The molecule has 0 aliphatic carbocycles. The molecule has 0 unspecified atom stereocenters. The van der Waals surface area contributed by atoms with E-state index in [9.17, 15) is 9.59 Å². The smallest absolute Gasteiger partial charge is 0.344 e. The van der Waals surface area contributed by atoms with E-state index in [1.807, 2.05) is 37.3 Å². The van der Waals surface area contributed by atoms with E-state index in [2.05, 4.69) is 5.32 Å². The van der Waals surface area contributed by atoms with Crippen LogP contribution in [0, 0.1) is 6.92 Å². The number of esters is 1. The van der Waals surface area contributed by atoms with Crippen molar-refractivity contribution in [2.45, 2.75) is 19.9 Å². The average Bonchev–Trinajstić information content (AvgIpc) is 3.12. The Morgan fingerprint density at radius 2 is 1.93 bits per heavy atom. The number of hydrogen-bond acceptors (Lipinski definition) is 5. The monoisotopic (exact) mass is 401 g/mol. The van der Waals surface area contributed by atoms with Gasteiger partial charge in [0.25, 0.3) is 5.91 Å². The number of fused-ring (bicyclic) bond motifs is 1. The summed E-state index contributed by atoms with van der Waals surface area (Å²) >= 11 is 5.94. The van der Waals surface area contributed by atoms with Crippen molar-refractivity contribution in [2.75, 3.05) is 13.2 Å². The van der Waals surface area contributed by atoms with Crippen molar-refractivity contribution in [3.8, 4) is 5.75 Å². The maximum atomic E-state index is 12.0. The number of ether oxygens (including phenoxy) is 2. The van der Waals surface area contributed by atoms with Crippen LogP contribution < -0.4 is 10.1 Å². The summed E-state index contributed by atoms with van der Waals surface area (Å²) in [5, 5.41) is 4.31. The summed E-state index contributed by atoms with van der Waals surface area (Å²) in [5.74, 6) is 0.0620. The maximum Gasteiger partial charge on any atom is 0.344 e. The summed E-state index contributed by atoms with van der Waals surface area (Å²) in [6, 6.07) is 14.2.